The van der Waals surface area contributed by atoms with Gasteiger partial charge in [0.15, 0.2) is 8.07 Å². The van der Waals surface area contributed by atoms with Crippen LogP contribution in [0.3, 0.4) is 0 Å². The first-order valence-electron chi connectivity index (χ1n) is 8.55. The van der Waals surface area contributed by atoms with Gasteiger partial charge in [-0.1, -0.05) is 91.0 Å². The Hall–Kier alpha value is -2.28. The van der Waals surface area contributed by atoms with Crippen LogP contribution in [0.5, 0.6) is 0 Å². The molecule has 0 aromatic heterocycles. The summed E-state index contributed by atoms with van der Waals surface area (Å²) in [6.07, 6.45) is 0. The SMILES string of the molecule is [Zn].[c-]1ccc([Si](c2ccccc2)(c2ccccc2)c2ccccc2)cc1. The van der Waals surface area contributed by atoms with E-state index in [1.54, 1.807) is 0 Å². The molecule has 0 aliphatic rings. The molecule has 0 amide bonds. The van der Waals surface area contributed by atoms with Gasteiger partial charge in [0.1, 0.15) is 0 Å². The minimum Gasteiger partial charge on any atom is -0.184 e. The Morgan fingerprint density at radius 3 is 1.08 bits per heavy atom. The predicted molar refractivity (Wildman–Crippen MR) is 109 cm³/mol. The quantitative estimate of drug-likeness (QED) is 0.281. The molecule has 4 aromatic carbocycles. The van der Waals surface area contributed by atoms with Crippen LogP contribution in [-0.4, -0.2) is 8.07 Å². The van der Waals surface area contributed by atoms with Gasteiger partial charge in [0.05, 0.1) is 0 Å². The van der Waals surface area contributed by atoms with Gasteiger partial charge < -0.3 is 0 Å². The number of hydrogen-bond acceptors (Lipinski definition) is 0. The molecule has 0 radical (unpaired) electrons. The van der Waals surface area contributed by atoms with Crippen molar-refractivity contribution in [3.05, 3.63) is 121 Å². The third-order valence-electron chi connectivity index (χ3n) is 4.77. The van der Waals surface area contributed by atoms with Gasteiger partial charge in [0.25, 0.3) is 0 Å². The van der Waals surface area contributed by atoms with E-state index < -0.39 is 8.07 Å². The van der Waals surface area contributed by atoms with Crippen LogP contribution >= 0.6 is 0 Å². The summed E-state index contributed by atoms with van der Waals surface area (Å²) in [5, 5.41) is 5.59. The molecule has 0 N–H and O–H groups in total. The molecule has 0 spiro atoms. The van der Waals surface area contributed by atoms with Crippen molar-refractivity contribution in [3.8, 4) is 0 Å². The van der Waals surface area contributed by atoms with Gasteiger partial charge in [-0.3, -0.25) is 0 Å². The van der Waals surface area contributed by atoms with Crippen LogP contribution < -0.4 is 20.7 Å². The first-order valence-corrected chi connectivity index (χ1v) is 10.6. The summed E-state index contributed by atoms with van der Waals surface area (Å²) in [5.74, 6) is 0. The molecule has 0 atom stereocenters. The summed E-state index contributed by atoms with van der Waals surface area (Å²) in [6.45, 7) is 0. The van der Waals surface area contributed by atoms with E-state index in [0.29, 0.717) is 0 Å². The average molecular weight is 401 g/mol. The summed E-state index contributed by atoms with van der Waals surface area (Å²) in [6, 6.07) is 44.6. The zero-order chi connectivity index (χ0) is 17.0. The van der Waals surface area contributed by atoms with Crippen molar-refractivity contribution in [2.75, 3.05) is 0 Å². The Labute approximate surface area is 169 Å². The standard InChI is InChI=1S/C24H19Si.Zn/c1-5-13-21(14-6-1)25(22-15-7-2-8-16-22,23-17-9-3-10-18-23)24-19-11-4-12-20-24;/h1-3,5-20H;/q-1;. The van der Waals surface area contributed by atoms with Gasteiger partial charge in [0, 0.05) is 19.5 Å². The smallest absolute Gasteiger partial charge is 0.155 e. The minimum atomic E-state index is -2.32. The van der Waals surface area contributed by atoms with Gasteiger partial charge in [-0.15, -0.1) is 0 Å². The Morgan fingerprint density at radius 1 is 0.423 bits per heavy atom. The Morgan fingerprint density at radius 2 is 0.731 bits per heavy atom. The van der Waals surface area contributed by atoms with E-state index in [1.807, 2.05) is 12.1 Å². The van der Waals surface area contributed by atoms with Gasteiger partial charge >= 0.3 is 0 Å². The van der Waals surface area contributed by atoms with Gasteiger partial charge in [-0.05, 0) is 15.6 Å². The third-order valence-corrected chi connectivity index (χ3v) is 9.57. The molecule has 0 unspecified atom stereocenters. The molecule has 0 saturated carbocycles. The van der Waals surface area contributed by atoms with Gasteiger partial charge in [-0.25, -0.2) is 0 Å². The van der Waals surface area contributed by atoms with Crippen LogP contribution in [0.25, 0.3) is 0 Å². The largest absolute Gasteiger partial charge is 0.184 e. The van der Waals surface area contributed by atoms with Crippen molar-refractivity contribution >= 4 is 28.8 Å². The van der Waals surface area contributed by atoms with E-state index in [4.69, 9.17) is 0 Å². The summed E-state index contributed by atoms with van der Waals surface area (Å²) in [5.41, 5.74) is 0. The third kappa shape index (κ3) is 3.23. The van der Waals surface area contributed by atoms with Crippen molar-refractivity contribution in [3.63, 3.8) is 0 Å². The fraction of sp³-hybridized carbons (Fsp3) is 0. The van der Waals surface area contributed by atoms with E-state index in [1.165, 1.54) is 20.7 Å². The van der Waals surface area contributed by atoms with Crippen molar-refractivity contribution in [1.82, 2.24) is 0 Å². The van der Waals surface area contributed by atoms with Crippen LogP contribution in [-0.2, 0) is 19.5 Å². The molecule has 0 aliphatic heterocycles. The average Bonchev–Trinajstić information content (AvgIpc) is 2.72. The molecular formula is C24H19SiZn-. The zero-order valence-corrected chi connectivity index (χ0v) is 18.6. The molecule has 4 rings (SSSR count). The zero-order valence-electron chi connectivity index (χ0n) is 14.7. The van der Waals surface area contributed by atoms with E-state index >= 15 is 0 Å². The minimum absolute atomic E-state index is 0. The Bertz CT molecular complexity index is 759. The van der Waals surface area contributed by atoms with Crippen LogP contribution in [0.4, 0.5) is 0 Å². The van der Waals surface area contributed by atoms with Crippen molar-refractivity contribution in [1.29, 1.82) is 0 Å². The second-order valence-electron chi connectivity index (χ2n) is 6.14. The molecule has 0 nitrogen and oxygen atoms in total. The molecular weight excluding hydrogens is 382 g/mol. The maximum atomic E-state index is 3.18. The molecule has 2 heteroatoms. The molecule has 0 fully saturated rings. The second kappa shape index (κ2) is 8.40. The molecule has 0 saturated heterocycles. The molecule has 0 bridgehead atoms. The van der Waals surface area contributed by atoms with E-state index in [0.717, 1.165) is 0 Å². The summed E-state index contributed by atoms with van der Waals surface area (Å²) < 4.78 is 0. The monoisotopic (exact) mass is 399 g/mol. The summed E-state index contributed by atoms with van der Waals surface area (Å²) in [4.78, 5) is 0. The molecule has 4 aromatic rings. The normalized spacial score (nSPS) is 10.8. The fourth-order valence-corrected chi connectivity index (χ4v) is 8.45. The van der Waals surface area contributed by atoms with Crippen molar-refractivity contribution in [2.45, 2.75) is 0 Å². The van der Waals surface area contributed by atoms with Crippen molar-refractivity contribution < 1.29 is 19.5 Å². The Kier molecular flexibility index (Phi) is 5.98. The number of rotatable bonds is 4. The second-order valence-corrected chi connectivity index (χ2v) is 9.95. The fourth-order valence-electron chi connectivity index (χ4n) is 3.70. The number of benzene rings is 4. The number of hydrogen-bond donors (Lipinski definition) is 0. The van der Waals surface area contributed by atoms with Crippen LogP contribution in [0.2, 0.25) is 0 Å². The molecule has 26 heavy (non-hydrogen) atoms. The first kappa shape index (κ1) is 18.5. The summed E-state index contributed by atoms with van der Waals surface area (Å²) >= 11 is 0. The van der Waals surface area contributed by atoms with Gasteiger partial charge in [0.2, 0.25) is 0 Å². The maximum Gasteiger partial charge on any atom is 0.155 e. The molecule has 0 heterocycles. The van der Waals surface area contributed by atoms with Crippen LogP contribution in [0, 0.1) is 6.07 Å². The van der Waals surface area contributed by atoms with Gasteiger partial charge in [-0.2, -0.15) is 35.5 Å². The first-order chi connectivity index (χ1) is 12.4. The maximum absolute atomic E-state index is 3.18. The predicted octanol–water partition coefficient (Wildman–Crippen LogP) is 2.86. The van der Waals surface area contributed by atoms with E-state index in [9.17, 15) is 0 Å². The van der Waals surface area contributed by atoms with Crippen LogP contribution in [0.15, 0.2) is 115 Å². The van der Waals surface area contributed by atoms with Crippen molar-refractivity contribution in [2.24, 2.45) is 0 Å². The summed E-state index contributed by atoms with van der Waals surface area (Å²) in [7, 11) is -2.32. The Balaban J connectivity index is 0.00000196. The molecule has 0 aliphatic carbocycles. The van der Waals surface area contributed by atoms with E-state index in [2.05, 4.69) is 109 Å². The topological polar surface area (TPSA) is 0 Å². The molecule has 122 valence electrons. The van der Waals surface area contributed by atoms with E-state index in [-0.39, 0.29) is 19.5 Å². The van der Waals surface area contributed by atoms with Crippen LogP contribution in [0.1, 0.15) is 0 Å².